The first-order valence-corrected chi connectivity index (χ1v) is 5.39. The highest BCUT2D eigenvalue weighted by atomic mass is 16.1. The van der Waals surface area contributed by atoms with Gasteiger partial charge >= 0.3 is 0 Å². The number of aromatic amines is 1. The van der Waals surface area contributed by atoms with Gasteiger partial charge in [0.25, 0.3) is 0 Å². The Morgan fingerprint density at radius 3 is 2.44 bits per heavy atom. The molecule has 0 saturated heterocycles. The lowest BCUT2D eigenvalue weighted by Gasteiger charge is -2.02. The molecule has 1 aromatic carbocycles. The SMILES string of the molecule is Cc1[nH]c(C=O)c(C)c1Cc1ccccc1. The van der Waals surface area contributed by atoms with Crippen LogP contribution in [0.2, 0.25) is 0 Å². The second kappa shape index (κ2) is 4.35. The van der Waals surface area contributed by atoms with E-state index in [1.807, 2.05) is 32.0 Å². The molecule has 0 saturated carbocycles. The number of hydrogen-bond donors (Lipinski definition) is 1. The molecule has 0 aliphatic carbocycles. The third kappa shape index (κ3) is 1.91. The zero-order valence-electron chi connectivity index (χ0n) is 9.58. The van der Waals surface area contributed by atoms with Gasteiger partial charge in [-0.3, -0.25) is 4.79 Å². The van der Waals surface area contributed by atoms with E-state index in [1.165, 1.54) is 11.1 Å². The van der Waals surface area contributed by atoms with Crippen LogP contribution in [-0.2, 0) is 6.42 Å². The lowest BCUT2D eigenvalue weighted by atomic mass is 10.0. The first-order valence-electron chi connectivity index (χ1n) is 5.39. The number of rotatable bonds is 3. The van der Waals surface area contributed by atoms with E-state index in [2.05, 4.69) is 17.1 Å². The Kier molecular flexibility index (Phi) is 2.91. The van der Waals surface area contributed by atoms with Crippen LogP contribution < -0.4 is 0 Å². The van der Waals surface area contributed by atoms with E-state index in [4.69, 9.17) is 0 Å². The molecule has 0 bridgehead atoms. The predicted octanol–water partition coefficient (Wildman–Crippen LogP) is 3.03. The smallest absolute Gasteiger partial charge is 0.166 e. The van der Waals surface area contributed by atoms with E-state index in [9.17, 15) is 4.79 Å². The minimum Gasteiger partial charge on any atom is -0.356 e. The van der Waals surface area contributed by atoms with Gasteiger partial charge in [-0.15, -0.1) is 0 Å². The van der Waals surface area contributed by atoms with Crippen molar-refractivity contribution in [2.24, 2.45) is 0 Å². The largest absolute Gasteiger partial charge is 0.356 e. The predicted molar refractivity (Wildman–Crippen MR) is 64.9 cm³/mol. The highest BCUT2D eigenvalue weighted by Crippen LogP contribution is 2.20. The molecule has 0 spiro atoms. The van der Waals surface area contributed by atoms with Crippen LogP contribution >= 0.6 is 0 Å². The number of benzene rings is 1. The van der Waals surface area contributed by atoms with Gasteiger partial charge in [-0.2, -0.15) is 0 Å². The molecule has 2 rings (SSSR count). The number of carbonyl (C=O) groups excluding carboxylic acids is 1. The summed E-state index contributed by atoms with van der Waals surface area (Å²) in [7, 11) is 0. The summed E-state index contributed by atoms with van der Waals surface area (Å²) < 4.78 is 0. The molecular formula is C14H15NO. The molecule has 2 nitrogen and oxygen atoms in total. The highest BCUT2D eigenvalue weighted by molar-refractivity contribution is 5.76. The van der Waals surface area contributed by atoms with Gasteiger partial charge in [-0.25, -0.2) is 0 Å². The second-order valence-corrected chi connectivity index (χ2v) is 4.05. The van der Waals surface area contributed by atoms with Crippen molar-refractivity contribution >= 4 is 6.29 Å². The molecule has 2 heteroatoms. The van der Waals surface area contributed by atoms with Crippen molar-refractivity contribution < 1.29 is 4.79 Å². The van der Waals surface area contributed by atoms with Gasteiger partial charge in [0.15, 0.2) is 6.29 Å². The zero-order chi connectivity index (χ0) is 11.5. The summed E-state index contributed by atoms with van der Waals surface area (Å²) in [6.45, 7) is 4.00. The monoisotopic (exact) mass is 213 g/mol. The molecule has 16 heavy (non-hydrogen) atoms. The van der Waals surface area contributed by atoms with Crippen LogP contribution in [0.4, 0.5) is 0 Å². The van der Waals surface area contributed by atoms with E-state index in [0.717, 1.165) is 24.0 Å². The number of nitrogens with one attached hydrogen (secondary N) is 1. The van der Waals surface area contributed by atoms with Crippen LogP contribution in [0, 0.1) is 13.8 Å². The van der Waals surface area contributed by atoms with Crippen LogP contribution in [0.25, 0.3) is 0 Å². The first-order chi connectivity index (χ1) is 7.72. The number of H-pyrrole nitrogens is 1. The quantitative estimate of drug-likeness (QED) is 0.781. The van der Waals surface area contributed by atoms with E-state index in [1.54, 1.807) is 0 Å². The molecule has 0 atom stereocenters. The van der Waals surface area contributed by atoms with E-state index in [0.29, 0.717) is 5.69 Å². The number of aromatic nitrogens is 1. The van der Waals surface area contributed by atoms with Gasteiger partial charge in [-0.1, -0.05) is 30.3 Å². The van der Waals surface area contributed by atoms with Crippen molar-refractivity contribution in [1.82, 2.24) is 4.98 Å². The molecule has 0 unspecified atom stereocenters. The number of hydrogen-bond acceptors (Lipinski definition) is 1. The summed E-state index contributed by atoms with van der Waals surface area (Å²) in [5.41, 5.74) is 5.35. The minimum absolute atomic E-state index is 0.698. The molecule has 0 fully saturated rings. The fraction of sp³-hybridized carbons (Fsp3) is 0.214. The van der Waals surface area contributed by atoms with E-state index < -0.39 is 0 Å². The normalized spacial score (nSPS) is 10.4. The Balaban J connectivity index is 2.35. The van der Waals surface area contributed by atoms with Crippen LogP contribution in [0.3, 0.4) is 0 Å². The van der Waals surface area contributed by atoms with Crippen LogP contribution in [0.1, 0.15) is 32.9 Å². The molecule has 1 heterocycles. The van der Waals surface area contributed by atoms with Crippen molar-refractivity contribution in [3.8, 4) is 0 Å². The lowest BCUT2D eigenvalue weighted by molar-refractivity contribution is 0.111. The van der Waals surface area contributed by atoms with Crippen LogP contribution in [-0.4, -0.2) is 11.3 Å². The summed E-state index contributed by atoms with van der Waals surface area (Å²) in [6.07, 6.45) is 1.76. The minimum atomic E-state index is 0.698. The van der Waals surface area contributed by atoms with Crippen molar-refractivity contribution in [1.29, 1.82) is 0 Å². The molecular weight excluding hydrogens is 198 g/mol. The molecule has 1 aromatic heterocycles. The molecule has 0 aliphatic rings. The number of aryl methyl sites for hydroxylation is 1. The van der Waals surface area contributed by atoms with Crippen LogP contribution in [0.5, 0.6) is 0 Å². The fourth-order valence-corrected chi connectivity index (χ4v) is 2.00. The maximum atomic E-state index is 10.8. The zero-order valence-corrected chi connectivity index (χ0v) is 9.58. The Labute approximate surface area is 95.3 Å². The summed E-state index contributed by atoms with van der Waals surface area (Å²) in [5, 5.41) is 0. The standard InChI is InChI=1S/C14H15NO/c1-10-13(11(2)15-14(10)9-16)8-12-6-4-3-5-7-12/h3-7,9,15H,8H2,1-2H3. The highest BCUT2D eigenvalue weighted by Gasteiger charge is 2.10. The summed E-state index contributed by atoms with van der Waals surface area (Å²) >= 11 is 0. The molecule has 0 aliphatic heterocycles. The Morgan fingerprint density at radius 2 is 1.88 bits per heavy atom. The lowest BCUT2D eigenvalue weighted by Crippen LogP contribution is -1.91. The average molecular weight is 213 g/mol. The topological polar surface area (TPSA) is 32.9 Å². The molecule has 0 amide bonds. The molecule has 0 radical (unpaired) electrons. The third-order valence-electron chi connectivity index (χ3n) is 2.97. The fourth-order valence-electron chi connectivity index (χ4n) is 2.00. The third-order valence-corrected chi connectivity index (χ3v) is 2.97. The maximum absolute atomic E-state index is 10.8. The van der Waals surface area contributed by atoms with Gasteiger partial charge in [0.2, 0.25) is 0 Å². The van der Waals surface area contributed by atoms with Gasteiger partial charge in [0, 0.05) is 5.69 Å². The Hall–Kier alpha value is -1.83. The maximum Gasteiger partial charge on any atom is 0.166 e. The molecule has 1 N–H and O–H groups in total. The average Bonchev–Trinajstić information content (AvgIpc) is 2.58. The van der Waals surface area contributed by atoms with Crippen molar-refractivity contribution in [3.05, 3.63) is 58.4 Å². The number of carbonyl (C=O) groups is 1. The number of aldehydes is 1. The van der Waals surface area contributed by atoms with Crippen molar-refractivity contribution in [2.45, 2.75) is 20.3 Å². The van der Waals surface area contributed by atoms with Crippen LogP contribution in [0.15, 0.2) is 30.3 Å². The summed E-state index contributed by atoms with van der Waals surface area (Å²) in [6, 6.07) is 10.3. The second-order valence-electron chi connectivity index (χ2n) is 4.05. The van der Waals surface area contributed by atoms with Gasteiger partial charge < -0.3 is 4.98 Å². The Morgan fingerprint density at radius 1 is 1.19 bits per heavy atom. The first kappa shape index (κ1) is 10.7. The van der Waals surface area contributed by atoms with Gasteiger partial charge in [0.05, 0.1) is 5.69 Å². The van der Waals surface area contributed by atoms with E-state index in [-0.39, 0.29) is 0 Å². The summed E-state index contributed by atoms with van der Waals surface area (Å²) in [4.78, 5) is 13.9. The Bertz CT molecular complexity index is 497. The summed E-state index contributed by atoms with van der Waals surface area (Å²) in [5.74, 6) is 0. The van der Waals surface area contributed by atoms with Gasteiger partial charge in [0.1, 0.15) is 0 Å². The van der Waals surface area contributed by atoms with Gasteiger partial charge in [-0.05, 0) is 37.0 Å². The van der Waals surface area contributed by atoms with Crippen molar-refractivity contribution in [2.75, 3.05) is 0 Å². The molecule has 2 aromatic rings. The van der Waals surface area contributed by atoms with Crippen molar-refractivity contribution in [3.63, 3.8) is 0 Å². The molecule has 82 valence electrons. The van der Waals surface area contributed by atoms with E-state index >= 15 is 0 Å².